The Bertz CT molecular complexity index is 455. The van der Waals surface area contributed by atoms with E-state index in [0.29, 0.717) is 26.3 Å². The van der Waals surface area contributed by atoms with Crippen molar-refractivity contribution in [2.75, 3.05) is 39.2 Å². The highest BCUT2D eigenvalue weighted by molar-refractivity contribution is 7.92. The van der Waals surface area contributed by atoms with Gasteiger partial charge in [-0.2, -0.15) is 0 Å². The Morgan fingerprint density at radius 1 is 1.25 bits per heavy atom. The first kappa shape index (κ1) is 16.9. The molecule has 2 atom stereocenters. The van der Waals surface area contributed by atoms with Crippen LogP contribution in [0, 0.1) is 5.92 Å². The Balaban J connectivity index is 2.70. The molecule has 0 aromatic carbocycles. The van der Waals surface area contributed by atoms with Crippen molar-refractivity contribution in [2.45, 2.75) is 19.1 Å². The Labute approximate surface area is 119 Å². The van der Waals surface area contributed by atoms with Crippen molar-refractivity contribution >= 4 is 21.7 Å². The number of hydrogen-bond donors (Lipinski definition) is 0. The summed E-state index contributed by atoms with van der Waals surface area (Å²) in [6.07, 6.45) is 0. The van der Waals surface area contributed by atoms with Gasteiger partial charge in [0.25, 0.3) is 0 Å². The highest BCUT2D eigenvalue weighted by atomic mass is 32.2. The van der Waals surface area contributed by atoms with Gasteiger partial charge in [-0.05, 0) is 6.92 Å². The molecule has 0 radical (unpaired) electrons. The largest absolute Gasteiger partial charge is 0.469 e. The van der Waals surface area contributed by atoms with E-state index >= 15 is 0 Å². The number of carbonyl (C=O) groups excluding carboxylic acids is 2. The van der Waals surface area contributed by atoms with E-state index < -0.39 is 38.6 Å². The van der Waals surface area contributed by atoms with E-state index in [4.69, 9.17) is 4.74 Å². The monoisotopic (exact) mass is 307 g/mol. The number of sulfone groups is 1. The average molecular weight is 307 g/mol. The highest BCUT2D eigenvalue weighted by Crippen LogP contribution is 2.13. The molecular formula is C12H21NO6S. The molecule has 0 N–H and O–H groups in total. The molecule has 1 aliphatic heterocycles. The van der Waals surface area contributed by atoms with Crippen molar-refractivity contribution < 1.29 is 27.5 Å². The maximum atomic E-state index is 12.2. The van der Waals surface area contributed by atoms with Crippen LogP contribution < -0.4 is 0 Å². The lowest BCUT2D eigenvalue weighted by Crippen LogP contribution is -2.48. The van der Waals surface area contributed by atoms with Gasteiger partial charge in [-0.25, -0.2) is 8.42 Å². The third-order valence-electron chi connectivity index (χ3n) is 3.30. The van der Waals surface area contributed by atoms with Gasteiger partial charge in [-0.3, -0.25) is 9.59 Å². The fourth-order valence-electron chi connectivity index (χ4n) is 1.96. The van der Waals surface area contributed by atoms with Crippen LogP contribution in [0.3, 0.4) is 0 Å². The Hall–Kier alpha value is -1.15. The van der Waals surface area contributed by atoms with Crippen molar-refractivity contribution in [3.05, 3.63) is 0 Å². The van der Waals surface area contributed by atoms with Crippen LogP contribution in [-0.4, -0.2) is 69.6 Å². The van der Waals surface area contributed by atoms with E-state index in [2.05, 4.69) is 4.74 Å². The number of carbonyl (C=O) groups is 2. The molecule has 0 saturated carbocycles. The average Bonchev–Trinajstić information content (AvgIpc) is 2.45. The molecule has 1 rings (SSSR count). The molecule has 0 bridgehead atoms. The van der Waals surface area contributed by atoms with E-state index in [1.807, 2.05) is 0 Å². The van der Waals surface area contributed by atoms with Gasteiger partial charge in [0.05, 0.1) is 32.0 Å². The summed E-state index contributed by atoms with van der Waals surface area (Å²) < 4.78 is 33.9. The quantitative estimate of drug-likeness (QED) is 0.634. The molecular weight excluding hydrogens is 286 g/mol. The third kappa shape index (κ3) is 4.17. The minimum Gasteiger partial charge on any atom is -0.469 e. The van der Waals surface area contributed by atoms with Crippen molar-refractivity contribution in [3.8, 4) is 0 Å². The molecule has 0 aromatic heterocycles. The highest BCUT2D eigenvalue weighted by Gasteiger charge is 2.34. The van der Waals surface area contributed by atoms with Crippen molar-refractivity contribution in [1.82, 2.24) is 4.90 Å². The summed E-state index contributed by atoms with van der Waals surface area (Å²) in [4.78, 5) is 24.9. The molecule has 1 aliphatic rings. The van der Waals surface area contributed by atoms with Gasteiger partial charge in [0.2, 0.25) is 5.91 Å². The molecule has 1 heterocycles. The van der Waals surface area contributed by atoms with Gasteiger partial charge in [0, 0.05) is 13.1 Å². The first-order chi connectivity index (χ1) is 9.29. The van der Waals surface area contributed by atoms with Gasteiger partial charge >= 0.3 is 5.97 Å². The van der Waals surface area contributed by atoms with Crippen LogP contribution in [0.25, 0.3) is 0 Å². The van der Waals surface area contributed by atoms with Gasteiger partial charge in [0.15, 0.2) is 9.84 Å². The van der Waals surface area contributed by atoms with Crippen LogP contribution in [0.1, 0.15) is 13.8 Å². The predicted molar refractivity (Wildman–Crippen MR) is 71.8 cm³/mol. The normalized spacial score (nSPS) is 19.2. The van der Waals surface area contributed by atoms with E-state index in [0.717, 1.165) is 0 Å². The molecule has 1 amide bonds. The summed E-state index contributed by atoms with van der Waals surface area (Å²) >= 11 is 0. The van der Waals surface area contributed by atoms with Crippen LogP contribution in [0.4, 0.5) is 0 Å². The lowest BCUT2D eigenvalue weighted by Gasteiger charge is -2.29. The van der Waals surface area contributed by atoms with Crippen LogP contribution in [0.2, 0.25) is 0 Å². The number of methoxy groups -OCH3 is 1. The maximum absolute atomic E-state index is 12.2. The smallest absolute Gasteiger partial charge is 0.309 e. The van der Waals surface area contributed by atoms with Crippen LogP contribution in [-0.2, 0) is 28.9 Å². The van der Waals surface area contributed by atoms with Crippen LogP contribution >= 0.6 is 0 Å². The summed E-state index contributed by atoms with van der Waals surface area (Å²) in [7, 11) is -2.49. The number of ether oxygens (including phenoxy) is 2. The second-order valence-corrected chi connectivity index (χ2v) is 7.20. The van der Waals surface area contributed by atoms with Gasteiger partial charge in [0.1, 0.15) is 5.25 Å². The van der Waals surface area contributed by atoms with Crippen LogP contribution in [0.5, 0.6) is 0 Å². The first-order valence-electron chi connectivity index (χ1n) is 6.45. The van der Waals surface area contributed by atoms with E-state index in [1.165, 1.54) is 25.9 Å². The predicted octanol–water partition coefficient (Wildman–Crippen LogP) is -0.542. The standard InChI is InChI=1S/C12H21NO6S/c1-9(12(15)18-3)8-20(16,17)10(2)11(14)13-4-6-19-7-5-13/h9-10H,4-8H2,1-3H3. The Morgan fingerprint density at radius 3 is 2.30 bits per heavy atom. The molecule has 0 spiro atoms. The van der Waals surface area contributed by atoms with Crippen molar-refractivity contribution in [1.29, 1.82) is 0 Å². The molecule has 7 nitrogen and oxygen atoms in total. The second-order valence-electron chi connectivity index (χ2n) is 4.83. The van der Waals surface area contributed by atoms with Gasteiger partial charge in [-0.1, -0.05) is 6.92 Å². The third-order valence-corrected chi connectivity index (χ3v) is 5.54. The fourth-order valence-corrected chi connectivity index (χ4v) is 3.53. The van der Waals surface area contributed by atoms with Crippen molar-refractivity contribution in [3.63, 3.8) is 0 Å². The molecule has 1 fully saturated rings. The molecule has 116 valence electrons. The molecule has 2 unspecified atom stereocenters. The zero-order valence-corrected chi connectivity index (χ0v) is 12.8. The summed E-state index contributed by atoms with van der Waals surface area (Å²) in [6, 6.07) is 0. The molecule has 0 aromatic rings. The van der Waals surface area contributed by atoms with Crippen molar-refractivity contribution in [2.24, 2.45) is 5.92 Å². The number of amides is 1. The SMILES string of the molecule is COC(=O)C(C)CS(=O)(=O)C(C)C(=O)N1CCOCC1. The van der Waals surface area contributed by atoms with Gasteiger partial charge in [-0.15, -0.1) is 0 Å². The minimum atomic E-state index is -3.70. The Kier molecular flexibility index (Phi) is 5.94. The summed E-state index contributed by atoms with van der Waals surface area (Å²) in [6.45, 7) is 4.44. The molecule has 20 heavy (non-hydrogen) atoms. The fraction of sp³-hybridized carbons (Fsp3) is 0.833. The summed E-state index contributed by atoms with van der Waals surface area (Å²) in [5.41, 5.74) is 0. The number of morpholine rings is 1. The van der Waals surface area contributed by atoms with E-state index in [9.17, 15) is 18.0 Å². The summed E-state index contributed by atoms with van der Waals surface area (Å²) in [5.74, 6) is -2.22. The number of rotatable bonds is 5. The number of hydrogen-bond acceptors (Lipinski definition) is 6. The maximum Gasteiger partial charge on any atom is 0.309 e. The van der Waals surface area contributed by atoms with Crippen LogP contribution in [0.15, 0.2) is 0 Å². The van der Waals surface area contributed by atoms with E-state index in [-0.39, 0.29) is 0 Å². The first-order valence-corrected chi connectivity index (χ1v) is 8.17. The Morgan fingerprint density at radius 2 is 1.80 bits per heavy atom. The second kappa shape index (κ2) is 7.03. The lowest BCUT2D eigenvalue weighted by molar-refractivity contribution is -0.144. The number of esters is 1. The molecule has 0 aliphatic carbocycles. The number of nitrogens with zero attached hydrogens (tertiary/aromatic N) is 1. The zero-order valence-electron chi connectivity index (χ0n) is 12.0. The van der Waals surface area contributed by atoms with E-state index in [1.54, 1.807) is 0 Å². The topological polar surface area (TPSA) is 90.0 Å². The summed E-state index contributed by atoms with van der Waals surface area (Å²) in [5, 5.41) is -1.16. The molecule has 1 saturated heterocycles. The molecule has 8 heteroatoms. The van der Waals surface area contributed by atoms with Gasteiger partial charge < -0.3 is 14.4 Å². The zero-order chi connectivity index (χ0) is 15.3. The lowest BCUT2D eigenvalue weighted by atomic mass is 10.2. The minimum absolute atomic E-state index is 0.392.